The monoisotopic (exact) mass is 179 g/mol. The van der Waals surface area contributed by atoms with Crippen molar-refractivity contribution >= 4 is 11.7 Å². The minimum absolute atomic E-state index is 0.0112. The summed E-state index contributed by atoms with van der Waals surface area (Å²) in [5, 5.41) is 0. The second-order valence-corrected chi connectivity index (χ2v) is 3.47. The minimum atomic E-state index is -0.594. The van der Waals surface area contributed by atoms with Crippen molar-refractivity contribution < 1.29 is 9.59 Å². The predicted octanol–water partition coefficient (Wildman–Crippen LogP) is 0.590. The first-order valence-electron chi connectivity index (χ1n) is 4.33. The summed E-state index contributed by atoms with van der Waals surface area (Å²) in [6, 6.07) is 0. The zero-order valence-corrected chi connectivity index (χ0v) is 7.96. The molecule has 0 N–H and O–H groups in total. The summed E-state index contributed by atoms with van der Waals surface area (Å²) in [4.78, 5) is 23.9. The Hall–Kier alpha value is -1.30. The van der Waals surface area contributed by atoms with Crippen molar-refractivity contribution in [2.75, 3.05) is 6.54 Å². The molecule has 3 heteroatoms. The van der Waals surface area contributed by atoms with Gasteiger partial charge in [-0.05, 0) is 13.3 Å². The number of carbonyl (C=O) groups excluding carboxylic acids is 2. The number of Topliss-reactive ketones (excluding diaryl/α,β-unsaturated/α-hetero) is 1. The van der Waals surface area contributed by atoms with Crippen LogP contribution < -0.4 is 0 Å². The standard InChI is InChI=1S/C10H13NO2/c1-4-10(3,5-2)11-7-8(12)6-9(11)13/h1H,5-7H2,2-3H3. The molecule has 0 aliphatic carbocycles. The van der Waals surface area contributed by atoms with E-state index < -0.39 is 5.54 Å². The molecule has 1 aliphatic heterocycles. The highest BCUT2D eigenvalue weighted by Crippen LogP contribution is 2.23. The first-order chi connectivity index (χ1) is 6.03. The minimum Gasteiger partial charge on any atom is -0.319 e. The number of hydrogen-bond acceptors (Lipinski definition) is 2. The smallest absolute Gasteiger partial charge is 0.231 e. The molecule has 1 aliphatic rings. The Bertz CT molecular complexity index is 290. The van der Waals surface area contributed by atoms with Gasteiger partial charge in [0.2, 0.25) is 5.91 Å². The fourth-order valence-electron chi connectivity index (χ4n) is 1.41. The second kappa shape index (κ2) is 3.21. The maximum Gasteiger partial charge on any atom is 0.231 e. The molecule has 1 saturated heterocycles. The number of hydrogen-bond donors (Lipinski definition) is 0. The first kappa shape index (κ1) is 9.79. The average Bonchev–Trinajstić information content (AvgIpc) is 2.44. The summed E-state index contributed by atoms with van der Waals surface area (Å²) >= 11 is 0. The summed E-state index contributed by atoms with van der Waals surface area (Å²) in [6.07, 6.45) is 6.03. The fourth-order valence-corrected chi connectivity index (χ4v) is 1.41. The van der Waals surface area contributed by atoms with Gasteiger partial charge >= 0.3 is 0 Å². The van der Waals surface area contributed by atoms with Crippen LogP contribution in [0, 0.1) is 12.3 Å². The van der Waals surface area contributed by atoms with Crippen LogP contribution in [0.25, 0.3) is 0 Å². The lowest BCUT2D eigenvalue weighted by molar-refractivity contribution is -0.131. The van der Waals surface area contributed by atoms with Gasteiger partial charge in [0.1, 0.15) is 5.54 Å². The SMILES string of the molecule is C#CC(C)(CC)N1CC(=O)CC1=O. The predicted molar refractivity (Wildman–Crippen MR) is 48.9 cm³/mol. The van der Waals surface area contributed by atoms with E-state index in [0.29, 0.717) is 6.42 Å². The van der Waals surface area contributed by atoms with E-state index in [0.717, 1.165) is 0 Å². The summed E-state index contributed by atoms with van der Waals surface area (Å²) in [7, 11) is 0. The number of rotatable bonds is 2. The Labute approximate surface area is 78.1 Å². The summed E-state index contributed by atoms with van der Waals surface area (Å²) in [5.74, 6) is 2.39. The molecule has 70 valence electrons. The van der Waals surface area contributed by atoms with Crippen molar-refractivity contribution in [2.24, 2.45) is 0 Å². The van der Waals surface area contributed by atoms with Crippen LogP contribution in [0.3, 0.4) is 0 Å². The largest absolute Gasteiger partial charge is 0.319 e. The molecule has 1 rings (SSSR count). The Kier molecular flexibility index (Phi) is 2.42. The molecular weight excluding hydrogens is 166 g/mol. The molecule has 13 heavy (non-hydrogen) atoms. The van der Waals surface area contributed by atoms with Gasteiger partial charge in [0.15, 0.2) is 5.78 Å². The Morgan fingerprint density at radius 1 is 1.62 bits per heavy atom. The normalized spacial score (nSPS) is 21.5. The Morgan fingerprint density at radius 2 is 2.23 bits per heavy atom. The van der Waals surface area contributed by atoms with E-state index in [-0.39, 0.29) is 24.7 Å². The van der Waals surface area contributed by atoms with Crippen molar-refractivity contribution in [3.8, 4) is 12.3 Å². The molecule has 1 heterocycles. The molecule has 0 spiro atoms. The highest BCUT2D eigenvalue weighted by molar-refractivity contribution is 6.05. The van der Waals surface area contributed by atoms with E-state index in [9.17, 15) is 9.59 Å². The average molecular weight is 179 g/mol. The third kappa shape index (κ3) is 1.57. The molecule has 0 saturated carbocycles. The number of carbonyl (C=O) groups is 2. The van der Waals surface area contributed by atoms with Gasteiger partial charge in [-0.1, -0.05) is 12.8 Å². The molecule has 0 aromatic carbocycles. The molecule has 1 amide bonds. The first-order valence-corrected chi connectivity index (χ1v) is 4.33. The van der Waals surface area contributed by atoms with Gasteiger partial charge in [0.05, 0.1) is 13.0 Å². The van der Waals surface area contributed by atoms with E-state index >= 15 is 0 Å². The highest BCUT2D eigenvalue weighted by atomic mass is 16.2. The summed E-state index contributed by atoms with van der Waals surface area (Å²) in [5.41, 5.74) is -0.594. The Balaban J connectivity index is 2.89. The van der Waals surface area contributed by atoms with Gasteiger partial charge < -0.3 is 4.90 Å². The summed E-state index contributed by atoms with van der Waals surface area (Å²) in [6.45, 7) is 3.90. The number of ketones is 1. The van der Waals surface area contributed by atoms with Crippen LogP contribution in [0.2, 0.25) is 0 Å². The molecule has 0 bridgehead atoms. The van der Waals surface area contributed by atoms with E-state index in [4.69, 9.17) is 6.42 Å². The topological polar surface area (TPSA) is 37.4 Å². The third-order valence-corrected chi connectivity index (χ3v) is 2.58. The highest BCUT2D eigenvalue weighted by Gasteiger charge is 2.38. The molecular formula is C10H13NO2. The molecule has 0 radical (unpaired) electrons. The van der Waals surface area contributed by atoms with Crippen LogP contribution in [0.5, 0.6) is 0 Å². The lowest BCUT2D eigenvalue weighted by Crippen LogP contribution is -2.45. The van der Waals surface area contributed by atoms with Crippen LogP contribution in [-0.4, -0.2) is 28.7 Å². The van der Waals surface area contributed by atoms with E-state index in [1.807, 2.05) is 13.8 Å². The van der Waals surface area contributed by atoms with Crippen LogP contribution in [0.4, 0.5) is 0 Å². The number of nitrogens with zero attached hydrogens (tertiary/aromatic N) is 1. The lowest BCUT2D eigenvalue weighted by Gasteiger charge is -2.32. The van der Waals surface area contributed by atoms with Gasteiger partial charge in [-0.15, -0.1) is 6.42 Å². The van der Waals surface area contributed by atoms with Crippen molar-refractivity contribution in [1.29, 1.82) is 0 Å². The van der Waals surface area contributed by atoms with Crippen LogP contribution in [0.1, 0.15) is 26.7 Å². The van der Waals surface area contributed by atoms with Crippen molar-refractivity contribution in [3.05, 3.63) is 0 Å². The quantitative estimate of drug-likeness (QED) is 0.459. The summed E-state index contributed by atoms with van der Waals surface area (Å²) < 4.78 is 0. The van der Waals surface area contributed by atoms with Gasteiger partial charge in [-0.2, -0.15) is 0 Å². The maximum absolute atomic E-state index is 11.4. The van der Waals surface area contributed by atoms with E-state index in [1.54, 1.807) is 0 Å². The maximum atomic E-state index is 11.4. The number of terminal acetylenes is 1. The zero-order chi connectivity index (χ0) is 10.1. The fraction of sp³-hybridized carbons (Fsp3) is 0.600. The second-order valence-electron chi connectivity index (χ2n) is 3.47. The molecule has 3 nitrogen and oxygen atoms in total. The number of likely N-dealkylation sites (tertiary alicyclic amines) is 1. The van der Waals surface area contributed by atoms with Crippen LogP contribution in [-0.2, 0) is 9.59 Å². The van der Waals surface area contributed by atoms with Crippen molar-refractivity contribution in [1.82, 2.24) is 4.90 Å². The Morgan fingerprint density at radius 3 is 2.54 bits per heavy atom. The number of amides is 1. The van der Waals surface area contributed by atoms with Gasteiger partial charge in [0.25, 0.3) is 0 Å². The van der Waals surface area contributed by atoms with E-state index in [2.05, 4.69) is 5.92 Å². The van der Waals surface area contributed by atoms with Crippen molar-refractivity contribution in [2.45, 2.75) is 32.2 Å². The third-order valence-electron chi connectivity index (χ3n) is 2.58. The van der Waals surface area contributed by atoms with E-state index in [1.165, 1.54) is 4.90 Å². The van der Waals surface area contributed by atoms with Crippen molar-refractivity contribution in [3.63, 3.8) is 0 Å². The molecule has 0 aromatic rings. The molecule has 1 unspecified atom stereocenters. The lowest BCUT2D eigenvalue weighted by atomic mass is 9.98. The zero-order valence-electron chi connectivity index (χ0n) is 7.96. The molecule has 0 aromatic heterocycles. The van der Waals surface area contributed by atoms with Gasteiger partial charge in [-0.25, -0.2) is 0 Å². The molecule has 1 atom stereocenters. The molecule has 1 fully saturated rings. The van der Waals surface area contributed by atoms with Gasteiger partial charge in [0, 0.05) is 0 Å². The van der Waals surface area contributed by atoms with Gasteiger partial charge in [-0.3, -0.25) is 9.59 Å². The van der Waals surface area contributed by atoms with Crippen LogP contribution in [0.15, 0.2) is 0 Å². The van der Waals surface area contributed by atoms with Crippen LogP contribution >= 0.6 is 0 Å².